The molecule has 2 aliphatic carbocycles. The molecule has 3 rings (SSSR count). The first-order chi connectivity index (χ1) is 7.36. The summed E-state index contributed by atoms with van der Waals surface area (Å²) in [6, 6.07) is 0. The molecule has 0 aromatic rings. The zero-order valence-electron chi connectivity index (χ0n) is 8.76. The molecular formula is C13H16O2. The van der Waals surface area contributed by atoms with Crippen molar-refractivity contribution in [1.29, 1.82) is 0 Å². The minimum Gasteiger partial charge on any atom is -0.363 e. The predicted molar refractivity (Wildman–Crippen MR) is 57.4 cm³/mol. The van der Waals surface area contributed by atoms with E-state index in [2.05, 4.69) is 24.3 Å². The normalized spacial score (nSPS) is 47.3. The molecule has 0 amide bonds. The highest BCUT2D eigenvalue weighted by Crippen LogP contribution is 2.49. The first-order valence-electron chi connectivity index (χ1n) is 5.80. The Kier molecular flexibility index (Phi) is 2.06. The number of allylic oxidation sites excluding steroid dienone is 2. The summed E-state index contributed by atoms with van der Waals surface area (Å²) >= 11 is 0. The van der Waals surface area contributed by atoms with Gasteiger partial charge in [0.15, 0.2) is 6.29 Å². The van der Waals surface area contributed by atoms with E-state index in [4.69, 9.17) is 4.74 Å². The molecular weight excluding hydrogens is 188 g/mol. The maximum Gasteiger partial charge on any atom is 0.152 e. The second kappa shape index (κ2) is 3.31. The molecule has 15 heavy (non-hydrogen) atoms. The zero-order chi connectivity index (χ0) is 10.3. The Morgan fingerprint density at radius 3 is 2.80 bits per heavy atom. The van der Waals surface area contributed by atoms with Gasteiger partial charge in [-0.1, -0.05) is 24.3 Å². The van der Waals surface area contributed by atoms with Crippen LogP contribution in [-0.2, 0) is 9.53 Å². The summed E-state index contributed by atoms with van der Waals surface area (Å²) in [6.07, 6.45) is 13.9. The van der Waals surface area contributed by atoms with Crippen molar-refractivity contribution in [3.8, 4) is 0 Å². The molecule has 0 N–H and O–H groups in total. The van der Waals surface area contributed by atoms with Gasteiger partial charge in [-0.2, -0.15) is 0 Å². The molecule has 0 aromatic carbocycles. The SMILES string of the molecule is O=C[C@]12CC=CC[C@@H]1[C@H]1CC=CC[C@@H]1O2. The Morgan fingerprint density at radius 2 is 1.93 bits per heavy atom. The second-order valence-corrected chi connectivity index (χ2v) is 4.85. The van der Waals surface area contributed by atoms with Crippen LogP contribution in [-0.4, -0.2) is 18.0 Å². The van der Waals surface area contributed by atoms with Crippen molar-refractivity contribution in [1.82, 2.24) is 0 Å². The molecule has 0 saturated carbocycles. The number of rotatable bonds is 1. The van der Waals surface area contributed by atoms with Gasteiger partial charge in [0.1, 0.15) is 5.60 Å². The van der Waals surface area contributed by atoms with E-state index in [1.165, 1.54) is 0 Å². The van der Waals surface area contributed by atoms with Gasteiger partial charge in [0.25, 0.3) is 0 Å². The van der Waals surface area contributed by atoms with Gasteiger partial charge in [0, 0.05) is 12.3 Å². The molecule has 0 radical (unpaired) electrons. The smallest absolute Gasteiger partial charge is 0.152 e. The zero-order valence-corrected chi connectivity index (χ0v) is 8.76. The predicted octanol–water partition coefficient (Wildman–Crippen LogP) is 2.26. The molecule has 1 fully saturated rings. The summed E-state index contributed by atoms with van der Waals surface area (Å²) in [5.41, 5.74) is -0.490. The van der Waals surface area contributed by atoms with Crippen LogP contribution in [0.15, 0.2) is 24.3 Å². The van der Waals surface area contributed by atoms with Crippen LogP contribution in [0.4, 0.5) is 0 Å². The second-order valence-electron chi connectivity index (χ2n) is 4.85. The molecule has 80 valence electrons. The van der Waals surface area contributed by atoms with Crippen LogP contribution in [0.3, 0.4) is 0 Å². The molecule has 0 aromatic heterocycles. The number of hydrogen-bond donors (Lipinski definition) is 0. The fraction of sp³-hybridized carbons (Fsp3) is 0.615. The van der Waals surface area contributed by atoms with E-state index < -0.39 is 5.60 Å². The van der Waals surface area contributed by atoms with Crippen LogP contribution in [0.25, 0.3) is 0 Å². The lowest BCUT2D eigenvalue weighted by atomic mass is 9.71. The van der Waals surface area contributed by atoms with Crippen molar-refractivity contribution in [2.45, 2.75) is 37.4 Å². The van der Waals surface area contributed by atoms with Crippen molar-refractivity contribution < 1.29 is 9.53 Å². The van der Waals surface area contributed by atoms with E-state index in [1.54, 1.807) is 0 Å². The summed E-state index contributed by atoms with van der Waals surface area (Å²) < 4.78 is 6.04. The summed E-state index contributed by atoms with van der Waals surface area (Å²) in [6.45, 7) is 0. The lowest BCUT2D eigenvalue weighted by Crippen LogP contribution is -2.39. The monoisotopic (exact) mass is 204 g/mol. The number of carbonyl (C=O) groups excluding carboxylic acids is 1. The minimum absolute atomic E-state index is 0.282. The number of hydrogen-bond acceptors (Lipinski definition) is 2. The van der Waals surface area contributed by atoms with Gasteiger partial charge in [-0.25, -0.2) is 0 Å². The summed E-state index contributed by atoms with van der Waals surface area (Å²) in [5, 5.41) is 0. The third-order valence-electron chi connectivity index (χ3n) is 4.13. The Hall–Kier alpha value is -0.890. The van der Waals surface area contributed by atoms with Gasteiger partial charge in [-0.05, 0) is 25.2 Å². The van der Waals surface area contributed by atoms with Gasteiger partial charge in [-0.3, -0.25) is 0 Å². The lowest BCUT2D eigenvalue weighted by Gasteiger charge is -2.31. The summed E-state index contributed by atoms with van der Waals surface area (Å²) in [5.74, 6) is 0.972. The third-order valence-corrected chi connectivity index (χ3v) is 4.13. The van der Waals surface area contributed by atoms with Gasteiger partial charge in [0.2, 0.25) is 0 Å². The molecule has 0 spiro atoms. The van der Waals surface area contributed by atoms with E-state index in [-0.39, 0.29) is 6.10 Å². The highest BCUT2D eigenvalue weighted by molar-refractivity contribution is 5.65. The molecule has 1 aliphatic heterocycles. The van der Waals surface area contributed by atoms with Gasteiger partial charge < -0.3 is 9.53 Å². The van der Waals surface area contributed by atoms with E-state index in [0.717, 1.165) is 32.0 Å². The number of carbonyl (C=O) groups is 1. The van der Waals surface area contributed by atoms with Crippen LogP contribution in [0, 0.1) is 11.8 Å². The number of fused-ring (bicyclic) bond motifs is 3. The van der Waals surface area contributed by atoms with Crippen LogP contribution in [0.1, 0.15) is 25.7 Å². The maximum atomic E-state index is 11.3. The van der Waals surface area contributed by atoms with E-state index >= 15 is 0 Å². The number of ether oxygens (including phenoxy) is 1. The van der Waals surface area contributed by atoms with Gasteiger partial charge in [0.05, 0.1) is 6.10 Å². The lowest BCUT2D eigenvalue weighted by molar-refractivity contribution is -0.133. The van der Waals surface area contributed by atoms with Crippen molar-refractivity contribution in [2.24, 2.45) is 11.8 Å². The fourth-order valence-corrected chi connectivity index (χ4v) is 3.35. The first kappa shape index (κ1) is 9.34. The van der Waals surface area contributed by atoms with E-state index in [1.807, 2.05) is 0 Å². The van der Waals surface area contributed by atoms with Gasteiger partial charge in [-0.15, -0.1) is 0 Å². The molecule has 3 aliphatic rings. The maximum absolute atomic E-state index is 11.3. The largest absolute Gasteiger partial charge is 0.363 e. The van der Waals surface area contributed by atoms with E-state index in [9.17, 15) is 4.79 Å². The topological polar surface area (TPSA) is 26.3 Å². The van der Waals surface area contributed by atoms with Crippen LogP contribution >= 0.6 is 0 Å². The molecule has 2 nitrogen and oxygen atoms in total. The molecule has 1 heterocycles. The highest BCUT2D eigenvalue weighted by atomic mass is 16.5. The first-order valence-corrected chi connectivity index (χ1v) is 5.80. The summed E-state index contributed by atoms with van der Waals surface area (Å²) in [4.78, 5) is 11.3. The molecule has 0 bridgehead atoms. The van der Waals surface area contributed by atoms with Crippen molar-refractivity contribution in [2.75, 3.05) is 0 Å². The minimum atomic E-state index is -0.490. The Bertz CT molecular complexity index is 331. The molecule has 4 atom stereocenters. The highest BCUT2D eigenvalue weighted by Gasteiger charge is 2.54. The van der Waals surface area contributed by atoms with E-state index in [0.29, 0.717) is 11.8 Å². The van der Waals surface area contributed by atoms with Crippen LogP contribution < -0.4 is 0 Å². The Balaban J connectivity index is 1.95. The number of aldehydes is 1. The summed E-state index contributed by atoms with van der Waals surface area (Å²) in [7, 11) is 0. The van der Waals surface area contributed by atoms with Crippen molar-refractivity contribution in [3.05, 3.63) is 24.3 Å². The quantitative estimate of drug-likeness (QED) is 0.483. The van der Waals surface area contributed by atoms with Crippen LogP contribution in [0.5, 0.6) is 0 Å². The average Bonchev–Trinajstić information content (AvgIpc) is 2.64. The third kappa shape index (κ3) is 1.24. The molecule has 1 saturated heterocycles. The average molecular weight is 204 g/mol. The van der Waals surface area contributed by atoms with Gasteiger partial charge >= 0.3 is 0 Å². The Morgan fingerprint density at radius 1 is 1.13 bits per heavy atom. The molecule has 2 heteroatoms. The Labute approximate surface area is 90.0 Å². The van der Waals surface area contributed by atoms with Crippen LogP contribution in [0.2, 0.25) is 0 Å². The fourth-order valence-electron chi connectivity index (χ4n) is 3.35. The standard InChI is InChI=1S/C13H16O2/c14-9-13-8-4-3-6-11(13)10-5-1-2-7-12(10)15-13/h1-4,9-12H,5-8H2/t10-,11-,12+,13-/m1/s1. The molecule has 0 unspecified atom stereocenters. The van der Waals surface area contributed by atoms with Crippen molar-refractivity contribution in [3.63, 3.8) is 0 Å². The van der Waals surface area contributed by atoms with Crippen molar-refractivity contribution >= 4 is 6.29 Å².